The highest BCUT2D eigenvalue weighted by molar-refractivity contribution is 7.97. The number of rotatable bonds is 8. The van der Waals surface area contributed by atoms with Crippen LogP contribution in [0.15, 0.2) is 42.6 Å². The molecule has 0 aliphatic heterocycles. The van der Waals surface area contributed by atoms with E-state index in [4.69, 9.17) is 15.8 Å². The molecule has 0 fully saturated rings. The minimum absolute atomic E-state index is 0.114. The molecule has 0 saturated carbocycles. The van der Waals surface area contributed by atoms with Gasteiger partial charge in [0.25, 0.3) is 0 Å². The summed E-state index contributed by atoms with van der Waals surface area (Å²) in [6.07, 6.45) is 2.00. The van der Waals surface area contributed by atoms with Gasteiger partial charge in [0.1, 0.15) is 0 Å². The van der Waals surface area contributed by atoms with E-state index < -0.39 is 11.7 Å². The fourth-order valence-electron chi connectivity index (χ4n) is 3.52. The molecule has 0 aliphatic carbocycles. The lowest BCUT2D eigenvalue weighted by atomic mass is 9.87. The molecule has 2 nitrogen and oxygen atoms in total. The van der Waals surface area contributed by atoms with Crippen molar-refractivity contribution >= 4 is 46.3 Å². The number of aromatic amines is 1. The van der Waals surface area contributed by atoms with Crippen LogP contribution in [0.3, 0.4) is 0 Å². The minimum atomic E-state index is -4.42. The van der Waals surface area contributed by atoms with Crippen LogP contribution < -0.4 is 0 Å². The highest BCUT2D eigenvalue weighted by Crippen LogP contribution is 2.40. The molecule has 0 saturated heterocycles. The lowest BCUT2D eigenvalue weighted by Gasteiger charge is -2.20. The molecule has 29 heavy (non-hydrogen) atoms. The summed E-state index contributed by atoms with van der Waals surface area (Å²) in [5, 5.41) is 1.17. The van der Waals surface area contributed by atoms with Gasteiger partial charge in [-0.2, -0.15) is 24.9 Å². The van der Waals surface area contributed by atoms with Gasteiger partial charge in [-0.15, -0.1) is 0 Å². The number of hydrogen-bond donors (Lipinski definition) is 1. The summed E-state index contributed by atoms with van der Waals surface area (Å²) in [5.41, 5.74) is 3.18. The Kier molecular flexibility index (Phi) is 7.48. The maximum absolute atomic E-state index is 13.1. The van der Waals surface area contributed by atoms with E-state index in [1.807, 2.05) is 30.8 Å². The van der Waals surface area contributed by atoms with Crippen molar-refractivity contribution < 1.29 is 17.4 Å². The van der Waals surface area contributed by atoms with Crippen molar-refractivity contribution in [2.24, 2.45) is 0 Å². The van der Waals surface area contributed by atoms with Crippen molar-refractivity contribution in [3.8, 4) is 0 Å². The van der Waals surface area contributed by atoms with Crippen LogP contribution in [-0.2, 0) is 16.1 Å². The summed E-state index contributed by atoms with van der Waals surface area (Å²) < 4.78 is 44.6. The lowest BCUT2D eigenvalue weighted by Crippen LogP contribution is -2.08. The van der Waals surface area contributed by atoms with Crippen molar-refractivity contribution in [2.75, 3.05) is 19.1 Å². The van der Waals surface area contributed by atoms with Crippen molar-refractivity contribution in [1.29, 1.82) is 0 Å². The second-order valence-electron chi connectivity index (χ2n) is 6.58. The van der Waals surface area contributed by atoms with E-state index in [-0.39, 0.29) is 10.9 Å². The van der Waals surface area contributed by atoms with Gasteiger partial charge in [0.2, 0.25) is 0 Å². The number of halogens is 4. The van der Waals surface area contributed by atoms with E-state index in [0.717, 1.165) is 34.4 Å². The van der Waals surface area contributed by atoms with E-state index in [1.54, 1.807) is 11.8 Å². The zero-order valence-corrected chi connectivity index (χ0v) is 18.4. The second-order valence-corrected chi connectivity index (χ2v) is 8.42. The number of alkyl halides is 3. The molecule has 3 rings (SSSR count). The summed E-state index contributed by atoms with van der Waals surface area (Å²) in [6, 6.07) is 9.71. The molecule has 0 amide bonds. The normalized spacial score (nSPS) is 13.2. The summed E-state index contributed by atoms with van der Waals surface area (Å²) in [7, 11) is 0. The van der Waals surface area contributed by atoms with Gasteiger partial charge >= 0.3 is 6.18 Å². The molecule has 1 atom stereocenters. The maximum Gasteiger partial charge on any atom is 0.416 e. The summed E-state index contributed by atoms with van der Waals surface area (Å²) in [5.74, 6) is 0.689. The Bertz CT molecular complexity index is 974. The zero-order valence-electron chi connectivity index (χ0n) is 16.0. The SMILES string of the molecule is CSCc1cccc2c(C(CCOSC)c3ccc(C(F)(F)F)cc3Cl)c[nH]c12. The number of hydrogen-bond acceptors (Lipinski definition) is 3. The number of para-hydroxylation sites is 1. The van der Waals surface area contributed by atoms with E-state index in [9.17, 15) is 13.2 Å². The summed E-state index contributed by atoms with van der Waals surface area (Å²) >= 11 is 9.34. The van der Waals surface area contributed by atoms with Gasteiger partial charge in [-0.1, -0.05) is 35.9 Å². The average molecular weight is 460 g/mol. The Morgan fingerprint density at radius 3 is 2.59 bits per heavy atom. The first kappa shape index (κ1) is 22.4. The molecular formula is C21H21ClF3NOS2. The van der Waals surface area contributed by atoms with Crippen molar-refractivity contribution in [2.45, 2.75) is 24.3 Å². The van der Waals surface area contributed by atoms with Crippen molar-refractivity contribution in [3.63, 3.8) is 0 Å². The highest BCUT2D eigenvalue weighted by Gasteiger charge is 2.32. The molecule has 0 aliphatic rings. The standard InChI is InChI=1S/C21H21ClF3NOS2/c1-28-12-13-4-3-5-17-18(11-26-20(13)17)15(8-9-27-29-2)16-7-6-14(10-19(16)22)21(23,24)25/h3-7,10-11,15,26H,8-9,12H2,1-2H3. The Balaban J connectivity index is 2.07. The number of benzene rings is 2. The monoisotopic (exact) mass is 459 g/mol. The maximum atomic E-state index is 13.1. The van der Waals surface area contributed by atoms with Gasteiger partial charge in [-0.3, -0.25) is 0 Å². The van der Waals surface area contributed by atoms with E-state index in [1.165, 1.54) is 23.7 Å². The molecule has 0 bridgehead atoms. The Hall–Kier alpha value is -1.28. The third-order valence-corrected chi connectivity index (χ3v) is 6.15. The fraction of sp³-hybridized carbons (Fsp3) is 0.333. The van der Waals surface area contributed by atoms with Crippen LogP contribution in [0.2, 0.25) is 5.02 Å². The van der Waals surface area contributed by atoms with Crippen LogP contribution >= 0.6 is 35.4 Å². The second kappa shape index (κ2) is 9.69. The van der Waals surface area contributed by atoms with Crippen LogP contribution in [-0.4, -0.2) is 24.1 Å². The number of fused-ring (bicyclic) bond motifs is 1. The average Bonchev–Trinajstić information content (AvgIpc) is 3.10. The van der Waals surface area contributed by atoms with Gasteiger partial charge in [0.05, 0.1) is 12.2 Å². The van der Waals surface area contributed by atoms with Crippen LogP contribution in [0, 0.1) is 0 Å². The van der Waals surface area contributed by atoms with Gasteiger partial charge in [-0.25, -0.2) is 0 Å². The molecule has 1 aromatic heterocycles. The topological polar surface area (TPSA) is 25.0 Å². The molecule has 1 heterocycles. The fourth-order valence-corrected chi connectivity index (χ4v) is 4.64. The van der Waals surface area contributed by atoms with E-state index >= 15 is 0 Å². The molecule has 0 spiro atoms. The molecule has 0 radical (unpaired) electrons. The molecule has 1 unspecified atom stereocenters. The molecular weight excluding hydrogens is 439 g/mol. The number of aromatic nitrogens is 1. The number of thioether (sulfide) groups is 1. The first-order valence-electron chi connectivity index (χ1n) is 8.96. The van der Waals surface area contributed by atoms with Gasteiger partial charge < -0.3 is 9.17 Å². The third-order valence-electron chi connectivity index (χ3n) is 4.82. The largest absolute Gasteiger partial charge is 0.416 e. The van der Waals surface area contributed by atoms with Gasteiger partial charge in [0, 0.05) is 40.0 Å². The van der Waals surface area contributed by atoms with Gasteiger partial charge in [0.15, 0.2) is 0 Å². The predicted molar refractivity (Wildman–Crippen MR) is 118 cm³/mol. The van der Waals surface area contributed by atoms with Crippen LogP contribution in [0.1, 0.15) is 34.6 Å². The zero-order chi connectivity index (χ0) is 21.0. The van der Waals surface area contributed by atoms with Gasteiger partial charge in [-0.05, 0) is 53.5 Å². The van der Waals surface area contributed by atoms with Crippen molar-refractivity contribution in [1.82, 2.24) is 4.98 Å². The summed E-state index contributed by atoms with van der Waals surface area (Å²) in [4.78, 5) is 3.35. The van der Waals surface area contributed by atoms with E-state index in [2.05, 4.69) is 11.1 Å². The molecule has 3 aromatic rings. The predicted octanol–water partition coefficient (Wildman–Crippen LogP) is 7.52. The minimum Gasteiger partial charge on any atom is -0.361 e. The summed E-state index contributed by atoms with van der Waals surface area (Å²) in [6.45, 7) is 0.459. The van der Waals surface area contributed by atoms with Crippen LogP contribution in [0.4, 0.5) is 13.2 Å². The highest BCUT2D eigenvalue weighted by atomic mass is 35.5. The lowest BCUT2D eigenvalue weighted by molar-refractivity contribution is -0.137. The molecule has 8 heteroatoms. The molecule has 156 valence electrons. The Morgan fingerprint density at radius 1 is 1.14 bits per heavy atom. The smallest absolute Gasteiger partial charge is 0.361 e. The van der Waals surface area contributed by atoms with E-state index in [0.29, 0.717) is 18.6 Å². The number of H-pyrrole nitrogens is 1. The Labute approximate surface area is 181 Å². The number of nitrogens with one attached hydrogen (secondary N) is 1. The van der Waals surface area contributed by atoms with Crippen molar-refractivity contribution in [3.05, 3.63) is 69.9 Å². The third kappa shape index (κ3) is 5.08. The van der Waals surface area contributed by atoms with Crippen LogP contribution in [0.5, 0.6) is 0 Å². The first-order valence-corrected chi connectivity index (χ1v) is 11.9. The first-order chi connectivity index (χ1) is 13.9. The molecule has 1 N–H and O–H groups in total. The Morgan fingerprint density at radius 2 is 1.93 bits per heavy atom. The molecule has 2 aromatic carbocycles. The van der Waals surface area contributed by atoms with Crippen LogP contribution in [0.25, 0.3) is 10.9 Å². The quantitative estimate of drug-likeness (QED) is 0.278.